The van der Waals surface area contributed by atoms with E-state index in [1.165, 1.54) is 22.5 Å². The Morgan fingerprint density at radius 3 is 2.52 bits per heavy atom. The molecule has 0 amide bonds. The molecule has 1 heterocycles. The zero-order chi connectivity index (χ0) is 15.5. The van der Waals surface area contributed by atoms with E-state index in [-0.39, 0.29) is 30.2 Å². The number of non-ortho nitro benzene ring substituents is 1. The number of nitro benzene ring substituents is 1. The van der Waals surface area contributed by atoms with Gasteiger partial charge in [-0.25, -0.2) is 8.42 Å². The van der Waals surface area contributed by atoms with E-state index in [0.717, 1.165) is 6.07 Å². The fraction of sp³-hybridized carbons (Fsp3) is 0.417. The van der Waals surface area contributed by atoms with Crippen LogP contribution in [0.4, 0.5) is 5.69 Å². The first kappa shape index (κ1) is 15.4. The Kier molecular flexibility index (Phi) is 4.52. The summed E-state index contributed by atoms with van der Waals surface area (Å²) in [5, 5.41) is 19.3. The van der Waals surface area contributed by atoms with Gasteiger partial charge in [-0.2, -0.15) is 9.57 Å². The molecule has 1 saturated heterocycles. The molecule has 1 fully saturated rings. The van der Waals surface area contributed by atoms with E-state index < -0.39 is 14.9 Å². The fourth-order valence-corrected chi connectivity index (χ4v) is 3.60. The number of hydrogen-bond donors (Lipinski definition) is 0. The van der Waals surface area contributed by atoms with Gasteiger partial charge in [0, 0.05) is 38.3 Å². The molecule has 0 aromatic heterocycles. The quantitative estimate of drug-likeness (QED) is 0.453. The largest absolute Gasteiger partial charge is 0.288 e. The van der Waals surface area contributed by atoms with E-state index in [1.54, 1.807) is 0 Å². The molecule has 0 unspecified atom stereocenters. The number of benzene rings is 1. The summed E-state index contributed by atoms with van der Waals surface area (Å²) in [7, 11) is -3.74. The van der Waals surface area contributed by atoms with E-state index in [0.29, 0.717) is 13.1 Å². The van der Waals surface area contributed by atoms with Crippen molar-refractivity contribution in [2.45, 2.75) is 4.90 Å². The van der Waals surface area contributed by atoms with Crippen molar-refractivity contribution in [3.63, 3.8) is 0 Å². The van der Waals surface area contributed by atoms with Crippen molar-refractivity contribution < 1.29 is 13.3 Å². The van der Waals surface area contributed by atoms with Gasteiger partial charge in [-0.15, -0.1) is 0 Å². The summed E-state index contributed by atoms with van der Waals surface area (Å²) in [6.45, 7) is 1.76. The maximum Gasteiger partial charge on any atom is 0.270 e. The van der Waals surface area contributed by atoms with Gasteiger partial charge in [0.15, 0.2) is 0 Å². The molecule has 1 aliphatic heterocycles. The van der Waals surface area contributed by atoms with Gasteiger partial charge >= 0.3 is 0 Å². The van der Waals surface area contributed by atoms with E-state index in [2.05, 4.69) is 0 Å². The van der Waals surface area contributed by atoms with Crippen LogP contribution in [0.2, 0.25) is 0 Å². The van der Waals surface area contributed by atoms with Crippen LogP contribution in [0, 0.1) is 21.4 Å². The normalized spacial score (nSPS) is 17.3. The Bertz CT molecular complexity index is 675. The van der Waals surface area contributed by atoms with Crippen LogP contribution in [-0.4, -0.2) is 55.3 Å². The molecular weight excluding hydrogens is 296 g/mol. The molecule has 9 heteroatoms. The number of sulfonamides is 1. The molecule has 0 aliphatic carbocycles. The fourth-order valence-electron chi connectivity index (χ4n) is 2.13. The molecule has 8 nitrogen and oxygen atoms in total. The molecule has 2 rings (SSSR count). The second-order valence-corrected chi connectivity index (χ2v) is 6.53. The molecule has 21 heavy (non-hydrogen) atoms. The van der Waals surface area contributed by atoms with Crippen molar-refractivity contribution in [2.24, 2.45) is 0 Å². The van der Waals surface area contributed by atoms with Gasteiger partial charge < -0.3 is 0 Å². The molecule has 1 aliphatic rings. The average molecular weight is 310 g/mol. The monoisotopic (exact) mass is 310 g/mol. The van der Waals surface area contributed by atoms with Gasteiger partial charge in [0.1, 0.15) is 0 Å². The highest BCUT2D eigenvalue weighted by atomic mass is 32.2. The van der Waals surface area contributed by atoms with Crippen LogP contribution in [0.1, 0.15) is 0 Å². The number of nitrogens with zero attached hydrogens (tertiary/aromatic N) is 4. The number of rotatable bonds is 4. The first-order chi connectivity index (χ1) is 9.95. The van der Waals surface area contributed by atoms with Crippen LogP contribution in [-0.2, 0) is 10.0 Å². The van der Waals surface area contributed by atoms with Gasteiger partial charge in [-0.1, -0.05) is 6.07 Å². The summed E-state index contributed by atoms with van der Waals surface area (Å²) < 4.78 is 26.2. The Morgan fingerprint density at radius 1 is 1.29 bits per heavy atom. The molecule has 0 atom stereocenters. The molecule has 1 aromatic carbocycles. The third kappa shape index (κ3) is 3.36. The van der Waals surface area contributed by atoms with Crippen molar-refractivity contribution in [2.75, 3.05) is 32.7 Å². The summed E-state index contributed by atoms with van der Waals surface area (Å²) in [6, 6.07) is 7.06. The minimum atomic E-state index is -3.74. The lowest BCUT2D eigenvalue weighted by Gasteiger charge is -2.32. The molecule has 112 valence electrons. The van der Waals surface area contributed by atoms with Crippen molar-refractivity contribution in [1.82, 2.24) is 9.21 Å². The maximum atomic E-state index is 12.4. The molecular formula is C12H14N4O4S. The third-order valence-electron chi connectivity index (χ3n) is 3.29. The van der Waals surface area contributed by atoms with Gasteiger partial charge in [-0.05, 0) is 6.07 Å². The van der Waals surface area contributed by atoms with Gasteiger partial charge in [0.2, 0.25) is 10.0 Å². The van der Waals surface area contributed by atoms with Gasteiger partial charge in [0.05, 0.1) is 22.4 Å². The summed E-state index contributed by atoms with van der Waals surface area (Å²) in [5.74, 6) is 0. The Morgan fingerprint density at radius 2 is 1.95 bits per heavy atom. The zero-order valence-electron chi connectivity index (χ0n) is 11.2. The SMILES string of the molecule is N#CCN1CCN(S(=O)(=O)c2cccc([N+](=O)[O-])c2)CC1. The third-order valence-corrected chi connectivity index (χ3v) is 5.19. The van der Waals surface area contributed by atoms with E-state index in [4.69, 9.17) is 5.26 Å². The molecule has 0 radical (unpaired) electrons. The van der Waals surface area contributed by atoms with Crippen molar-refractivity contribution >= 4 is 15.7 Å². The summed E-state index contributed by atoms with van der Waals surface area (Å²) in [5.41, 5.74) is -0.251. The van der Waals surface area contributed by atoms with Crippen LogP contribution in [0.15, 0.2) is 29.2 Å². The van der Waals surface area contributed by atoms with Crippen LogP contribution < -0.4 is 0 Å². The molecule has 0 N–H and O–H groups in total. The number of nitro groups is 1. The van der Waals surface area contributed by atoms with Gasteiger partial charge in [-0.3, -0.25) is 15.0 Å². The number of piperazine rings is 1. The van der Waals surface area contributed by atoms with Gasteiger partial charge in [0.25, 0.3) is 5.69 Å². The van der Waals surface area contributed by atoms with Crippen LogP contribution >= 0.6 is 0 Å². The summed E-state index contributed by atoms with van der Waals surface area (Å²) in [6.07, 6.45) is 0. The predicted octanol–water partition coefficient (Wildman–Crippen LogP) is 0.425. The Hall–Kier alpha value is -2.02. The maximum absolute atomic E-state index is 12.4. The zero-order valence-corrected chi connectivity index (χ0v) is 12.0. The topological polar surface area (TPSA) is 108 Å². The van der Waals surface area contributed by atoms with E-state index in [1.807, 2.05) is 11.0 Å². The smallest absolute Gasteiger partial charge is 0.270 e. The number of nitriles is 1. The molecule has 1 aromatic rings. The van der Waals surface area contributed by atoms with E-state index in [9.17, 15) is 18.5 Å². The minimum Gasteiger partial charge on any atom is -0.288 e. The van der Waals surface area contributed by atoms with Crippen molar-refractivity contribution in [3.05, 3.63) is 34.4 Å². The Balaban J connectivity index is 2.18. The molecule has 0 bridgehead atoms. The van der Waals surface area contributed by atoms with Crippen LogP contribution in [0.3, 0.4) is 0 Å². The second kappa shape index (κ2) is 6.17. The van der Waals surface area contributed by atoms with E-state index >= 15 is 0 Å². The highest BCUT2D eigenvalue weighted by Crippen LogP contribution is 2.21. The van der Waals surface area contributed by atoms with Crippen LogP contribution in [0.5, 0.6) is 0 Å². The second-order valence-electron chi connectivity index (χ2n) is 4.59. The van der Waals surface area contributed by atoms with Crippen molar-refractivity contribution in [1.29, 1.82) is 5.26 Å². The highest BCUT2D eigenvalue weighted by molar-refractivity contribution is 7.89. The lowest BCUT2D eigenvalue weighted by atomic mass is 10.3. The van der Waals surface area contributed by atoms with Crippen LogP contribution in [0.25, 0.3) is 0 Å². The minimum absolute atomic E-state index is 0.0783. The Labute approximate surface area is 122 Å². The lowest BCUT2D eigenvalue weighted by Crippen LogP contribution is -2.48. The lowest BCUT2D eigenvalue weighted by molar-refractivity contribution is -0.385. The standard InChI is InChI=1S/C12H14N4O4S/c13-4-5-14-6-8-15(9-7-14)21(19,20)12-3-1-2-11(10-12)16(17)18/h1-3,10H,5-9H2. The predicted molar refractivity (Wildman–Crippen MR) is 73.9 cm³/mol. The summed E-state index contributed by atoms with van der Waals surface area (Å²) in [4.78, 5) is 11.9. The van der Waals surface area contributed by atoms with Crippen molar-refractivity contribution in [3.8, 4) is 6.07 Å². The first-order valence-corrected chi connectivity index (χ1v) is 7.73. The summed E-state index contributed by atoms with van der Waals surface area (Å²) >= 11 is 0. The molecule has 0 saturated carbocycles. The highest BCUT2D eigenvalue weighted by Gasteiger charge is 2.29. The number of hydrogen-bond acceptors (Lipinski definition) is 6. The average Bonchev–Trinajstić information content (AvgIpc) is 2.48. The first-order valence-electron chi connectivity index (χ1n) is 6.29. The molecule has 0 spiro atoms.